The summed E-state index contributed by atoms with van der Waals surface area (Å²) in [6, 6.07) is 19.0. The van der Waals surface area contributed by atoms with Crippen molar-refractivity contribution in [2.45, 2.75) is 12.8 Å². The van der Waals surface area contributed by atoms with E-state index in [1.54, 1.807) is 12.1 Å². The average Bonchev–Trinajstić information content (AvgIpc) is 2.77. The summed E-state index contributed by atoms with van der Waals surface area (Å²) >= 11 is 17.2. The number of benzene rings is 3. The summed E-state index contributed by atoms with van der Waals surface area (Å²) in [5.41, 5.74) is 7.56. The fourth-order valence-corrected chi connectivity index (χ4v) is 3.12. The highest BCUT2D eigenvalue weighted by Crippen LogP contribution is 2.25. The number of nitrogens with zero attached hydrogens (tertiary/aromatic N) is 1. The van der Waals surface area contributed by atoms with Crippen LogP contribution in [0.5, 0.6) is 0 Å². The van der Waals surface area contributed by atoms with E-state index in [9.17, 15) is 14.9 Å². The lowest BCUT2D eigenvalue weighted by Crippen LogP contribution is -2.25. The lowest BCUT2D eigenvalue weighted by Gasteiger charge is -2.06. The minimum atomic E-state index is -0.618. The molecule has 9 heteroatoms. The van der Waals surface area contributed by atoms with Gasteiger partial charge in [-0.05, 0) is 66.9 Å². The maximum absolute atomic E-state index is 12.0. The minimum Gasteiger partial charge on any atom is -0.352 e. The molecule has 0 bridgehead atoms. The number of hydrogen-bond donors (Lipinski definition) is 2. The van der Waals surface area contributed by atoms with Crippen LogP contribution in [0.3, 0.4) is 0 Å². The van der Waals surface area contributed by atoms with Gasteiger partial charge < -0.3 is 11.1 Å². The molecule has 3 rings (SSSR count). The van der Waals surface area contributed by atoms with E-state index in [-0.39, 0.29) is 22.2 Å². The average molecular weight is 495 g/mol. The minimum absolute atomic E-state index is 0.00251. The van der Waals surface area contributed by atoms with E-state index < -0.39 is 4.92 Å². The lowest BCUT2D eigenvalue weighted by molar-refractivity contribution is -0.384. The van der Waals surface area contributed by atoms with Crippen molar-refractivity contribution in [3.63, 3.8) is 0 Å². The standard InChI is InChI=1S/C15H12Cl2N2O3.C8H10ClN/c16-12-4-1-10(2-5-12)7-8-18-15(20)11-3-6-13(17)14(9-11)19(21)22;9-8-3-1-7(2-4-8)5-6-10/h1-6,9H,7-8H2,(H,18,20);1-4H,5-6,10H2. The molecule has 0 saturated heterocycles. The summed E-state index contributed by atoms with van der Waals surface area (Å²) in [5, 5.41) is 14.9. The van der Waals surface area contributed by atoms with Crippen molar-refractivity contribution in [1.82, 2.24) is 5.32 Å². The first-order chi connectivity index (χ1) is 15.3. The Morgan fingerprint density at radius 1 is 0.875 bits per heavy atom. The molecule has 0 aliphatic carbocycles. The van der Waals surface area contributed by atoms with Gasteiger partial charge in [-0.2, -0.15) is 0 Å². The molecule has 0 atom stereocenters. The molecular weight excluding hydrogens is 473 g/mol. The summed E-state index contributed by atoms with van der Waals surface area (Å²) < 4.78 is 0. The summed E-state index contributed by atoms with van der Waals surface area (Å²) in [4.78, 5) is 22.2. The van der Waals surface area contributed by atoms with Crippen molar-refractivity contribution < 1.29 is 9.72 Å². The molecular formula is C23H22Cl3N3O3. The quantitative estimate of drug-likeness (QED) is 0.324. The van der Waals surface area contributed by atoms with Gasteiger partial charge in [0.1, 0.15) is 5.02 Å². The lowest BCUT2D eigenvalue weighted by atomic mass is 10.1. The number of carbonyl (C=O) groups excluding carboxylic acids is 1. The van der Waals surface area contributed by atoms with Crippen LogP contribution >= 0.6 is 34.8 Å². The molecule has 1 amide bonds. The fourth-order valence-electron chi connectivity index (χ4n) is 2.69. The van der Waals surface area contributed by atoms with Crippen molar-refractivity contribution in [2.24, 2.45) is 5.73 Å². The smallest absolute Gasteiger partial charge is 0.288 e. The predicted molar refractivity (Wildman–Crippen MR) is 130 cm³/mol. The van der Waals surface area contributed by atoms with E-state index in [1.165, 1.54) is 23.8 Å². The second-order valence-electron chi connectivity index (χ2n) is 6.72. The molecule has 3 N–H and O–H groups in total. The first kappa shape index (κ1) is 25.6. The van der Waals surface area contributed by atoms with Crippen molar-refractivity contribution >= 4 is 46.4 Å². The van der Waals surface area contributed by atoms with Crippen molar-refractivity contribution in [3.8, 4) is 0 Å². The topological polar surface area (TPSA) is 98.3 Å². The second-order valence-corrected chi connectivity index (χ2v) is 8.00. The van der Waals surface area contributed by atoms with Crippen LogP contribution in [0.4, 0.5) is 5.69 Å². The number of rotatable bonds is 7. The van der Waals surface area contributed by atoms with Gasteiger partial charge in [-0.25, -0.2) is 0 Å². The van der Waals surface area contributed by atoms with Gasteiger partial charge in [0.15, 0.2) is 0 Å². The largest absolute Gasteiger partial charge is 0.352 e. The zero-order valence-electron chi connectivity index (χ0n) is 17.1. The molecule has 0 spiro atoms. The third kappa shape index (κ3) is 8.48. The molecule has 0 aromatic heterocycles. The number of nitro benzene ring substituents is 1. The van der Waals surface area contributed by atoms with Crippen LogP contribution in [0.15, 0.2) is 66.7 Å². The first-order valence-electron chi connectivity index (χ1n) is 9.71. The SMILES string of the molecule is NCCc1ccc(Cl)cc1.O=C(NCCc1ccc(Cl)cc1)c1ccc(Cl)c([N+](=O)[O-])c1. The number of nitrogens with one attached hydrogen (secondary N) is 1. The van der Waals surface area contributed by atoms with E-state index in [1.807, 2.05) is 36.4 Å². The number of halogens is 3. The Morgan fingerprint density at radius 2 is 1.41 bits per heavy atom. The highest BCUT2D eigenvalue weighted by molar-refractivity contribution is 6.32. The molecule has 0 fully saturated rings. The summed E-state index contributed by atoms with van der Waals surface area (Å²) in [5.74, 6) is -0.381. The summed E-state index contributed by atoms with van der Waals surface area (Å²) in [6.07, 6.45) is 1.57. The maximum Gasteiger partial charge on any atom is 0.288 e. The van der Waals surface area contributed by atoms with E-state index in [4.69, 9.17) is 40.5 Å². The fraction of sp³-hybridized carbons (Fsp3) is 0.174. The van der Waals surface area contributed by atoms with Gasteiger partial charge in [-0.15, -0.1) is 0 Å². The van der Waals surface area contributed by atoms with Gasteiger partial charge in [-0.3, -0.25) is 14.9 Å². The molecule has 32 heavy (non-hydrogen) atoms. The van der Waals surface area contributed by atoms with E-state index >= 15 is 0 Å². The maximum atomic E-state index is 12.0. The zero-order valence-corrected chi connectivity index (χ0v) is 19.3. The summed E-state index contributed by atoms with van der Waals surface area (Å²) in [7, 11) is 0. The molecule has 3 aromatic rings. The molecule has 0 radical (unpaired) electrons. The molecule has 3 aromatic carbocycles. The van der Waals surface area contributed by atoms with Crippen molar-refractivity contribution in [3.05, 3.63) is 109 Å². The summed E-state index contributed by atoms with van der Waals surface area (Å²) in [6.45, 7) is 1.11. The number of hydrogen-bond acceptors (Lipinski definition) is 4. The van der Waals surface area contributed by atoms with Crippen LogP contribution in [0.2, 0.25) is 15.1 Å². The van der Waals surface area contributed by atoms with Gasteiger partial charge >= 0.3 is 0 Å². The Morgan fingerprint density at radius 3 is 1.91 bits per heavy atom. The highest BCUT2D eigenvalue weighted by atomic mass is 35.5. The Labute approximate surface area is 201 Å². The Bertz CT molecular complexity index is 1040. The van der Waals surface area contributed by atoms with Crippen LogP contribution < -0.4 is 11.1 Å². The van der Waals surface area contributed by atoms with Crippen molar-refractivity contribution in [1.29, 1.82) is 0 Å². The van der Waals surface area contributed by atoms with Crippen LogP contribution in [-0.2, 0) is 12.8 Å². The molecule has 6 nitrogen and oxygen atoms in total. The van der Waals surface area contributed by atoms with Gasteiger partial charge in [0.2, 0.25) is 0 Å². The number of amides is 1. The number of carbonyl (C=O) groups is 1. The molecule has 0 aliphatic rings. The van der Waals surface area contributed by atoms with E-state index in [0.717, 1.165) is 17.0 Å². The van der Waals surface area contributed by atoms with Gasteiger partial charge in [0.25, 0.3) is 11.6 Å². The molecule has 168 valence electrons. The monoisotopic (exact) mass is 493 g/mol. The van der Waals surface area contributed by atoms with Crippen LogP contribution in [0, 0.1) is 10.1 Å². The zero-order chi connectivity index (χ0) is 23.5. The third-order valence-electron chi connectivity index (χ3n) is 4.36. The molecule has 0 saturated carbocycles. The molecule has 0 heterocycles. The van der Waals surface area contributed by atoms with Crippen LogP contribution in [0.1, 0.15) is 21.5 Å². The van der Waals surface area contributed by atoms with Gasteiger partial charge in [0.05, 0.1) is 4.92 Å². The second kappa shape index (κ2) is 13.0. The number of nitro groups is 1. The Balaban J connectivity index is 0.000000303. The third-order valence-corrected chi connectivity index (χ3v) is 5.19. The van der Waals surface area contributed by atoms with Crippen LogP contribution in [-0.4, -0.2) is 23.9 Å². The predicted octanol–water partition coefficient (Wildman–Crippen LogP) is 5.72. The first-order valence-corrected chi connectivity index (χ1v) is 10.8. The van der Waals surface area contributed by atoms with Gasteiger partial charge in [-0.1, -0.05) is 59.1 Å². The number of nitrogens with two attached hydrogens (primary N) is 1. The van der Waals surface area contributed by atoms with Gasteiger partial charge in [0, 0.05) is 28.2 Å². The van der Waals surface area contributed by atoms with Crippen molar-refractivity contribution in [2.75, 3.05) is 13.1 Å². The molecule has 0 unspecified atom stereocenters. The van der Waals surface area contributed by atoms with E-state index in [2.05, 4.69) is 5.32 Å². The Kier molecular flexibility index (Phi) is 10.4. The molecule has 0 aliphatic heterocycles. The van der Waals surface area contributed by atoms with Crippen LogP contribution in [0.25, 0.3) is 0 Å². The normalized spacial score (nSPS) is 10.1. The highest BCUT2D eigenvalue weighted by Gasteiger charge is 2.15. The van der Waals surface area contributed by atoms with E-state index in [0.29, 0.717) is 24.5 Å². The Hall–Kier alpha value is -2.64.